The molecule has 0 aliphatic rings. The number of anilines is 2. The summed E-state index contributed by atoms with van der Waals surface area (Å²) in [4.78, 5) is 14.0. The standard InChI is InChI=1S/C20H22ClN5O/c1-3-25(2)20(27)23-18-17(15-9-11-16(21)12-10-15)24-26(19(18)22)13-14-7-5-4-6-8-14/h4-12H,3,13,22H2,1-2H3,(H,23,27). The lowest BCUT2D eigenvalue weighted by Crippen LogP contribution is -2.31. The molecule has 27 heavy (non-hydrogen) atoms. The fourth-order valence-electron chi connectivity index (χ4n) is 2.63. The van der Waals surface area contributed by atoms with Crippen molar-refractivity contribution in [3.05, 3.63) is 65.2 Å². The summed E-state index contributed by atoms with van der Waals surface area (Å²) >= 11 is 6.00. The van der Waals surface area contributed by atoms with E-state index in [1.54, 1.807) is 28.8 Å². The van der Waals surface area contributed by atoms with Gasteiger partial charge >= 0.3 is 6.03 Å². The Hall–Kier alpha value is -2.99. The molecule has 0 bridgehead atoms. The van der Waals surface area contributed by atoms with Gasteiger partial charge in [-0.1, -0.05) is 54.1 Å². The number of nitrogens with one attached hydrogen (secondary N) is 1. The zero-order valence-corrected chi connectivity index (χ0v) is 16.1. The molecule has 1 heterocycles. The third-order valence-corrected chi connectivity index (χ3v) is 4.59. The SMILES string of the molecule is CCN(C)C(=O)Nc1c(-c2ccc(Cl)cc2)nn(Cc2ccccc2)c1N. The van der Waals surface area contributed by atoms with E-state index in [1.165, 1.54) is 0 Å². The summed E-state index contributed by atoms with van der Waals surface area (Å²) in [6, 6.07) is 17.0. The third kappa shape index (κ3) is 4.23. The van der Waals surface area contributed by atoms with Crippen LogP contribution in [0.4, 0.5) is 16.3 Å². The van der Waals surface area contributed by atoms with Crippen LogP contribution in [0.2, 0.25) is 5.02 Å². The van der Waals surface area contributed by atoms with Gasteiger partial charge in [-0.2, -0.15) is 5.10 Å². The van der Waals surface area contributed by atoms with Crippen LogP contribution in [-0.4, -0.2) is 34.3 Å². The number of hydrogen-bond donors (Lipinski definition) is 2. The van der Waals surface area contributed by atoms with Crippen molar-refractivity contribution in [1.29, 1.82) is 0 Å². The predicted molar refractivity (Wildman–Crippen MR) is 110 cm³/mol. The lowest BCUT2D eigenvalue weighted by Gasteiger charge is -2.16. The van der Waals surface area contributed by atoms with E-state index < -0.39 is 0 Å². The Morgan fingerprint density at radius 1 is 1.19 bits per heavy atom. The molecule has 0 saturated carbocycles. The summed E-state index contributed by atoms with van der Waals surface area (Å²) in [5.74, 6) is 0.404. The molecule has 3 rings (SSSR count). The summed E-state index contributed by atoms with van der Waals surface area (Å²) < 4.78 is 1.70. The Labute approximate surface area is 163 Å². The molecular formula is C20H22ClN5O. The monoisotopic (exact) mass is 383 g/mol. The summed E-state index contributed by atoms with van der Waals surface area (Å²) in [5.41, 5.74) is 9.35. The molecule has 0 aliphatic carbocycles. The number of carbonyl (C=O) groups excluding carboxylic acids is 1. The number of carbonyl (C=O) groups is 1. The third-order valence-electron chi connectivity index (χ3n) is 4.34. The first-order valence-electron chi connectivity index (χ1n) is 8.67. The van der Waals surface area contributed by atoms with Gasteiger partial charge in [-0.3, -0.25) is 0 Å². The van der Waals surface area contributed by atoms with Crippen LogP contribution in [0.3, 0.4) is 0 Å². The van der Waals surface area contributed by atoms with Gasteiger partial charge in [0.2, 0.25) is 0 Å². The highest BCUT2D eigenvalue weighted by molar-refractivity contribution is 6.30. The van der Waals surface area contributed by atoms with Crippen molar-refractivity contribution in [3.8, 4) is 11.3 Å². The minimum atomic E-state index is -0.237. The molecule has 0 fully saturated rings. The first-order valence-corrected chi connectivity index (χ1v) is 9.05. The van der Waals surface area contributed by atoms with Crippen molar-refractivity contribution in [1.82, 2.24) is 14.7 Å². The van der Waals surface area contributed by atoms with Crippen LogP contribution < -0.4 is 11.1 Å². The highest BCUT2D eigenvalue weighted by Crippen LogP contribution is 2.33. The van der Waals surface area contributed by atoms with Gasteiger partial charge in [-0.15, -0.1) is 0 Å². The molecule has 0 atom stereocenters. The number of nitrogens with two attached hydrogens (primary N) is 1. The maximum atomic E-state index is 12.4. The number of nitrogen functional groups attached to an aromatic ring is 1. The molecule has 7 heteroatoms. The fourth-order valence-corrected chi connectivity index (χ4v) is 2.76. The summed E-state index contributed by atoms with van der Waals surface area (Å²) in [6.07, 6.45) is 0. The average molecular weight is 384 g/mol. The average Bonchev–Trinajstić information content (AvgIpc) is 2.98. The number of benzene rings is 2. The van der Waals surface area contributed by atoms with E-state index in [4.69, 9.17) is 17.3 Å². The van der Waals surface area contributed by atoms with E-state index in [1.807, 2.05) is 49.4 Å². The number of amides is 2. The van der Waals surface area contributed by atoms with Crippen LogP contribution >= 0.6 is 11.6 Å². The Morgan fingerprint density at radius 2 is 1.85 bits per heavy atom. The molecule has 3 aromatic rings. The summed E-state index contributed by atoms with van der Waals surface area (Å²) in [5, 5.41) is 8.18. The molecule has 0 unspecified atom stereocenters. The minimum Gasteiger partial charge on any atom is -0.382 e. The van der Waals surface area contributed by atoms with Crippen LogP contribution in [-0.2, 0) is 6.54 Å². The van der Waals surface area contributed by atoms with Crippen molar-refractivity contribution in [2.24, 2.45) is 0 Å². The second kappa shape index (κ2) is 8.14. The van der Waals surface area contributed by atoms with Gasteiger partial charge in [0.25, 0.3) is 0 Å². The van der Waals surface area contributed by atoms with Gasteiger partial charge in [0.15, 0.2) is 0 Å². The highest BCUT2D eigenvalue weighted by Gasteiger charge is 2.20. The quantitative estimate of drug-likeness (QED) is 0.688. The van der Waals surface area contributed by atoms with Gasteiger partial charge in [-0.05, 0) is 24.6 Å². The molecule has 0 saturated heterocycles. The Kier molecular flexibility index (Phi) is 5.66. The van der Waals surface area contributed by atoms with Gasteiger partial charge in [-0.25, -0.2) is 9.48 Å². The highest BCUT2D eigenvalue weighted by atomic mass is 35.5. The maximum absolute atomic E-state index is 12.4. The van der Waals surface area contributed by atoms with Crippen LogP contribution in [0.5, 0.6) is 0 Å². The lowest BCUT2D eigenvalue weighted by molar-refractivity contribution is 0.224. The van der Waals surface area contributed by atoms with E-state index in [0.29, 0.717) is 35.3 Å². The van der Waals surface area contributed by atoms with Gasteiger partial charge in [0.05, 0.1) is 6.54 Å². The van der Waals surface area contributed by atoms with Crippen molar-refractivity contribution >= 4 is 29.1 Å². The normalized spacial score (nSPS) is 10.6. The molecule has 6 nitrogen and oxygen atoms in total. The van der Waals surface area contributed by atoms with Crippen LogP contribution in [0.15, 0.2) is 54.6 Å². The number of nitrogens with zero attached hydrogens (tertiary/aromatic N) is 3. The van der Waals surface area contributed by atoms with Gasteiger partial charge < -0.3 is 16.0 Å². The molecule has 0 aliphatic heterocycles. The van der Waals surface area contributed by atoms with Crippen LogP contribution in [0.1, 0.15) is 12.5 Å². The zero-order chi connectivity index (χ0) is 19.4. The van der Waals surface area contributed by atoms with E-state index in [9.17, 15) is 4.79 Å². The Morgan fingerprint density at radius 3 is 2.48 bits per heavy atom. The first kappa shape index (κ1) is 18.8. The van der Waals surface area contributed by atoms with Crippen LogP contribution in [0.25, 0.3) is 11.3 Å². The largest absolute Gasteiger partial charge is 0.382 e. The van der Waals surface area contributed by atoms with E-state index in [2.05, 4.69) is 10.4 Å². The van der Waals surface area contributed by atoms with Crippen LogP contribution in [0, 0.1) is 0 Å². The molecule has 2 aromatic carbocycles. The van der Waals surface area contributed by atoms with Crippen molar-refractivity contribution in [3.63, 3.8) is 0 Å². The van der Waals surface area contributed by atoms with Crippen molar-refractivity contribution in [2.75, 3.05) is 24.6 Å². The minimum absolute atomic E-state index is 0.237. The molecular weight excluding hydrogens is 362 g/mol. The van der Waals surface area contributed by atoms with E-state index in [0.717, 1.165) is 11.1 Å². The van der Waals surface area contributed by atoms with Crippen molar-refractivity contribution < 1.29 is 4.79 Å². The predicted octanol–water partition coefficient (Wildman–Crippen LogP) is 4.32. The van der Waals surface area contributed by atoms with Crippen molar-refractivity contribution in [2.45, 2.75) is 13.5 Å². The second-order valence-corrected chi connectivity index (χ2v) is 6.64. The smallest absolute Gasteiger partial charge is 0.321 e. The van der Waals surface area contributed by atoms with Gasteiger partial charge in [0, 0.05) is 24.2 Å². The topological polar surface area (TPSA) is 76.2 Å². The Bertz CT molecular complexity index is 922. The molecule has 140 valence electrons. The maximum Gasteiger partial charge on any atom is 0.321 e. The fraction of sp³-hybridized carbons (Fsp3) is 0.200. The molecule has 1 aromatic heterocycles. The lowest BCUT2D eigenvalue weighted by atomic mass is 10.1. The molecule has 0 radical (unpaired) electrons. The second-order valence-electron chi connectivity index (χ2n) is 6.20. The number of hydrogen-bond acceptors (Lipinski definition) is 3. The number of urea groups is 1. The van der Waals surface area contributed by atoms with E-state index in [-0.39, 0.29) is 6.03 Å². The summed E-state index contributed by atoms with van der Waals surface area (Å²) in [6.45, 7) is 2.99. The molecule has 0 spiro atoms. The molecule has 2 amide bonds. The summed E-state index contributed by atoms with van der Waals surface area (Å²) in [7, 11) is 1.72. The number of halogens is 1. The van der Waals surface area contributed by atoms with Gasteiger partial charge in [0.1, 0.15) is 17.2 Å². The first-order chi connectivity index (χ1) is 13.0. The Balaban J connectivity index is 2.02. The zero-order valence-electron chi connectivity index (χ0n) is 15.3. The molecule has 3 N–H and O–H groups in total. The number of rotatable bonds is 5. The van der Waals surface area contributed by atoms with E-state index >= 15 is 0 Å². The number of aromatic nitrogens is 2.